The van der Waals surface area contributed by atoms with E-state index in [9.17, 15) is 4.39 Å². The number of hydrogen-bond acceptors (Lipinski definition) is 3. The van der Waals surface area contributed by atoms with Crippen molar-refractivity contribution in [1.29, 1.82) is 0 Å². The van der Waals surface area contributed by atoms with Gasteiger partial charge in [0.15, 0.2) is 0 Å². The molecule has 1 atom stereocenters. The zero-order valence-electron chi connectivity index (χ0n) is 12.8. The van der Waals surface area contributed by atoms with Gasteiger partial charge in [0.2, 0.25) is 0 Å². The molecule has 0 spiro atoms. The Kier molecular flexibility index (Phi) is 5.75. The van der Waals surface area contributed by atoms with Crippen LogP contribution in [0, 0.1) is 17.7 Å². The summed E-state index contributed by atoms with van der Waals surface area (Å²) in [6.45, 7) is 9.18. The van der Waals surface area contributed by atoms with E-state index in [0.717, 1.165) is 38.3 Å². The molecule has 1 fully saturated rings. The van der Waals surface area contributed by atoms with E-state index in [2.05, 4.69) is 35.5 Å². The molecule has 1 aromatic carbocycles. The van der Waals surface area contributed by atoms with Crippen molar-refractivity contribution in [2.45, 2.75) is 26.4 Å². The minimum atomic E-state index is -0.287. The molecule has 2 rings (SSSR count). The number of halogens is 1. The van der Waals surface area contributed by atoms with Gasteiger partial charge in [0.25, 0.3) is 0 Å². The first-order valence-corrected chi connectivity index (χ1v) is 7.48. The van der Waals surface area contributed by atoms with Crippen LogP contribution in [0.1, 0.15) is 25.0 Å². The second kappa shape index (κ2) is 7.56. The van der Waals surface area contributed by atoms with Crippen LogP contribution in [0.2, 0.25) is 0 Å². The summed E-state index contributed by atoms with van der Waals surface area (Å²) in [5.74, 6) is 5.17. The summed E-state index contributed by atoms with van der Waals surface area (Å²) in [7, 11) is 0. The number of benzene rings is 1. The van der Waals surface area contributed by atoms with Gasteiger partial charge in [-0.15, -0.1) is 0 Å². The zero-order valence-corrected chi connectivity index (χ0v) is 12.8. The minimum absolute atomic E-state index is 0.206. The van der Waals surface area contributed by atoms with E-state index in [1.807, 2.05) is 0 Å². The van der Waals surface area contributed by atoms with Gasteiger partial charge in [-0.1, -0.05) is 24.8 Å². The normalized spacial score (nSPS) is 20.1. The molecule has 1 N–H and O–H groups in total. The molecule has 3 nitrogen and oxygen atoms in total. The van der Waals surface area contributed by atoms with E-state index in [0.29, 0.717) is 11.6 Å². The number of nitrogens with zero attached hydrogens (tertiary/aromatic N) is 2. The molecule has 0 bridgehead atoms. The molecule has 0 saturated carbocycles. The van der Waals surface area contributed by atoms with Gasteiger partial charge >= 0.3 is 0 Å². The van der Waals surface area contributed by atoms with Crippen molar-refractivity contribution in [3.63, 3.8) is 0 Å². The Bertz CT molecular complexity index is 535. The quantitative estimate of drug-likeness (QED) is 0.858. The molecule has 0 aliphatic carbocycles. The molecule has 1 aliphatic heterocycles. The van der Waals surface area contributed by atoms with Crippen LogP contribution in [0.4, 0.5) is 4.39 Å². The Morgan fingerprint density at radius 1 is 1.38 bits per heavy atom. The monoisotopic (exact) mass is 290 g/mol. The molecule has 1 heterocycles. The predicted octanol–water partition coefficient (Wildman–Crippen LogP) is 1.70. The highest BCUT2D eigenvalue weighted by atomic mass is 19.1. The number of rotatable bonds is 3. The molecular weight excluding hydrogens is 267 g/mol. The smallest absolute Gasteiger partial charge is 0.124 e. The van der Waals surface area contributed by atoms with Crippen molar-refractivity contribution in [2.75, 3.05) is 32.8 Å². The summed E-state index contributed by atoms with van der Waals surface area (Å²) >= 11 is 0. The highest BCUT2D eigenvalue weighted by Crippen LogP contribution is 2.16. The van der Waals surface area contributed by atoms with E-state index in [1.165, 1.54) is 12.1 Å². The van der Waals surface area contributed by atoms with Crippen LogP contribution in [-0.2, 0) is 6.54 Å². The van der Waals surface area contributed by atoms with Gasteiger partial charge in [-0.25, -0.2) is 4.39 Å². The van der Waals surface area contributed by atoms with Crippen LogP contribution in [0.25, 0.3) is 0 Å². The Hall–Kier alpha value is -1.41. The third-order valence-electron chi connectivity index (χ3n) is 4.02. The SMILES string of the molecule is CCN1CCN(Cc2ccc(F)cc2C#CCO)CC1C. The fraction of sp³-hybridized carbons (Fsp3) is 0.529. The third-order valence-corrected chi connectivity index (χ3v) is 4.02. The molecule has 21 heavy (non-hydrogen) atoms. The maximum atomic E-state index is 13.4. The van der Waals surface area contributed by atoms with Gasteiger partial charge in [-0.2, -0.15) is 0 Å². The Labute approximate surface area is 126 Å². The Morgan fingerprint density at radius 3 is 2.86 bits per heavy atom. The van der Waals surface area contributed by atoms with Gasteiger partial charge in [0.05, 0.1) is 0 Å². The van der Waals surface area contributed by atoms with E-state index in [4.69, 9.17) is 5.11 Å². The first-order valence-electron chi connectivity index (χ1n) is 7.48. The van der Waals surface area contributed by atoms with Crippen molar-refractivity contribution >= 4 is 0 Å². The van der Waals surface area contributed by atoms with Crippen LogP contribution >= 0.6 is 0 Å². The average Bonchev–Trinajstić information content (AvgIpc) is 2.47. The Balaban J connectivity index is 2.09. The highest BCUT2D eigenvalue weighted by Gasteiger charge is 2.22. The standard InChI is InChI=1S/C17H23FN2O/c1-3-20-9-8-19(12-14(20)2)13-16-6-7-17(18)11-15(16)5-4-10-21/h6-7,11,14,21H,3,8-10,12-13H2,1-2H3. The number of hydrogen-bond donors (Lipinski definition) is 1. The number of aliphatic hydroxyl groups excluding tert-OH is 1. The van der Waals surface area contributed by atoms with Crippen molar-refractivity contribution in [2.24, 2.45) is 0 Å². The van der Waals surface area contributed by atoms with Crippen LogP contribution in [0.15, 0.2) is 18.2 Å². The van der Waals surface area contributed by atoms with E-state index >= 15 is 0 Å². The molecule has 114 valence electrons. The van der Waals surface area contributed by atoms with E-state index in [-0.39, 0.29) is 12.4 Å². The molecule has 0 aromatic heterocycles. The number of aliphatic hydroxyl groups is 1. The first-order chi connectivity index (χ1) is 10.1. The first kappa shape index (κ1) is 16.0. The second-order valence-electron chi connectivity index (χ2n) is 5.47. The molecule has 1 aliphatic rings. The van der Waals surface area contributed by atoms with E-state index in [1.54, 1.807) is 6.07 Å². The highest BCUT2D eigenvalue weighted by molar-refractivity contribution is 5.41. The summed E-state index contributed by atoms with van der Waals surface area (Å²) < 4.78 is 13.4. The predicted molar refractivity (Wildman–Crippen MR) is 82.3 cm³/mol. The molecule has 1 aromatic rings. The average molecular weight is 290 g/mol. The summed E-state index contributed by atoms with van der Waals surface area (Å²) in [5, 5.41) is 8.82. The Morgan fingerprint density at radius 2 is 2.19 bits per heavy atom. The van der Waals surface area contributed by atoms with Crippen molar-refractivity contribution in [3.8, 4) is 11.8 Å². The maximum absolute atomic E-state index is 13.4. The fourth-order valence-corrected chi connectivity index (χ4v) is 2.86. The largest absolute Gasteiger partial charge is 0.384 e. The van der Waals surface area contributed by atoms with E-state index < -0.39 is 0 Å². The number of piperazine rings is 1. The lowest BCUT2D eigenvalue weighted by molar-refractivity contribution is 0.0834. The van der Waals surface area contributed by atoms with Crippen molar-refractivity contribution < 1.29 is 9.50 Å². The fourth-order valence-electron chi connectivity index (χ4n) is 2.86. The molecule has 0 amide bonds. The van der Waals surface area contributed by atoms with Crippen LogP contribution in [-0.4, -0.2) is 53.7 Å². The molecular formula is C17H23FN2O. The molecule has 0 radical (unpaired) electrons. The summed E-state index contributed by atoms with van der Waals surface area (Å²) in [4.78, 5) is 4.85. The van der Waals surface area contributed by atoms with Crippen molar-refractivity contribution in [3.05, 3.63) is 35.1 Å². The molecule has 4 heteroatoms. The lowest BCUT2D eigenvalue weighted by Crippen LogP contribution is -2.51. The summed E-state index contributed by atoms with van der Waals surface area (Å²) in [6, 6.07) is 5.26. The van der Waals surface area contributed by atoms with Gasteiger partial charge in [0, 0.05) is 37.8 Å². The van der Waals surface area contributed by atoms with Gasteiger partial charge in [-0.3, -0.25) is 9.80 Å². The van der Waals surface area contributed by atoms with Crippen LogP contribution in [0.3, 0.4) is 0 Å². The topological polar surface area (TPSA) is 26.7 Å². The molecule has 1 saturated heterocycles. The lowest BCUT2D eigenvalue weighted by Gasteiger charge is -2.39. The van der Waals surface area contributed by atoms with Crippen LogP contribution in [0.5, 0.6) is 0 Å². The zero-order chi connectivity index (χ0) is 15.2. The van der Waals surface area contributed by atoms with Crippen molar-refractivity contribution in [1.82, 2.24) is 9.80 Å². The molecule has 1 unspecified atom stereocenters. The minimum Gasteiger partial charge on any atom is -0.384 e. The van der Waals surface area contributed by atoms with Gasteiger partial charge in [-0.05, 0) is 31.2 Å². The summed E-state index contributed by atoms with van der Waals surface area (Å²) in [6.07, 6.45) is 0. The van der Waals surface area contributed by atoms with Gasteiger partial charge < -0.3 is 5.11 Å². The van der Waals surface area contributed by atoms with Crippen LogP contribution < -0.4 is 0 Å². The third kappa shape index (κ3) is 4.28. The summed E-state index contributed by atoms with van der Waals surface area (Å²) in [5.41, 5.74) is 1.70. The maximum Gasteiger partial charge on any atom is 0.124 e. The van der Waals surface area contributed by atoms with Gasteiger partial charge in [0.1, 0.15) is 12.4 Å². The lowest BCUT2D eigenvalue weighted by atomic mass is 10.1. The second-order valence-corrected chi connectivity index (χ2v) is 5.47. The number of likely N-dealkylation sites (N-methyl/N-ethyl adjacent to an activating group) is 1.